The predicted molar refractivity (Wildman–Crippen MR) is 85.8 cm³/mol. The number of hydrogen-bond acceptors (Lipinski definition) is 2. The van der Waals surface area contributed by atoms with Crippen molar-refractivity contribution in [1.82, 2.24) is 0 Å². The lowest BCUT2D eigenvalue weighted by molar-refractivity contribution is 0.0698. The van der Waals surface area contributed by atoms with Crippen molar-refractivity contribution in [3.05, 3.63) is 65.2 Å². The lowest BCUT2D eigenvalue weighted by Crippen LogP contribution is -2.01. The zero-order chi connectivity index (χ0) is 15.0. The van der Waals surface area contributed by atoms with Gasteiger partial charge in [0.2, 0.25) is 0 Å². The molecule has 0 fully saturated rings. The van der Waals surface area contributed by atoms with Crippen LogP contribution in [0.25, 0.3) is 21.9 Å². The molecule has 3 N–H and O–H groups in total. The van der Waals surface area contributed by atoms with Crippen molar-refractivity contribution in [2.45, 2.75) is 0 Å². The van der Waals surface area contributed by atoms with E-state index in [1.54, 1.807) is 12.1 Å². The van der Waals surface area contributed by atoms with Gasteiger partial charge in [0, 0.05) is 21.7 Å². The van der Waals surface area contributed by atoms with Gasteiger partial charge in [-0.25, -0.2) is 4.79 Å². The molecule has 3 aromatic carbocycles. The van der Waals surface area contributed by atoms with Gasteiger partial charge in [0.15, 0.2) is 0 Å². The molecule has 0 aliphatic heterocycles. The molecule has 0 saturated heterocycles. The Labute approximate surface area is 126 Å². The summed E-state index contributed by atoms with van der Waals surface area (Å²) >= 11 is 6.01. The minimum atomic E-state index is -1.01. The highest BCUT2D eigenvalue weighted by atomic mass is 35.5. The maximum Gasteiger partial charge on any atom is 0.336 e. The van der Waals surface area contributed by atoms with E-state index in [1.807, 2.05) is 36.4 Å². The first-order valence-electron chi connectivity index (χ1n) is 6.38. The Morgan fingerprint density at radius 2 is 1.76 bits per heavy atom. The second kappa shape index (κ2) is 5.11. The third kappa shape index (κ3) is 2.32. The predicted octanol–water partition coefficient (Wildman–Crippen LogP) is 4.44. The molecule has 0 spiro atoms. The Balaban J connectivity index is 2.33. The summed E-state index contributed by atoms with van der Waals surface area (Å²) in [6, 6.07) is 16.2. The fourth-order valence-corrected chi connectivity index (χ4v) is 2.63. The molecular formula is C17H12ClNO2. The van der Waals surface area contributed by atoms with E-state index in [4.69, 9.17) is 17.3 Å². The number of carbonyl (C=O) groups is 1. The van der Waals surface area contributed by atoms with E-state index in [-0.39, 0.29) is 5.56 Å². The van der Waals surface area contributed by atoms with E-state index < -0.39 is 5.97 Å². The van der Waals surface area contributed by atoms with Gasteiger partial charge in [-0.05, 0) is 29.1 Å². The molecule has 0 aliphatic carbocycles. The van der Waals surface area contributed by atoms with Crippen LogP contribution in [0.2, 0.25) is 5.02 Å². The fraction of sp³-hybridized carbons (Fsp3) is 0. The molecule has 3 aromatic rings. The maximum absolute atomic E-state index is 11.4. The largest absolute Gasteiger partial charge is 0.478 e. The number of benzene rings is 3. The summed E-state index contributed by atoms with van der Waals surface area (Å²) in [5, 5.41) is 11.7. The van der Waals surface area contributed by atoms with Gasteiger partial charge in [0.05, 0.1) is 5.56 Å². The maximum atomic E-state index is 11.4. The molecule has 104 valence electrons. The number of carboxylic acids is 1. The molecule has 0 heterocycles. The van der Waals surface area contributed by atoms with Gasteiger partial charge in [0.1, 0.15) is 0 Å². The average molecular weight is 298 g/mol. The average Bonchev–Trinajstić information content (AvgIpc) is 2.47. The first kappa shape index (κ1) is 13.5. The quantitative estimate of drug-likeness (QED) is 0.687. The van der Waals surface area contributed by atoms with E-state index in [0.29, 0.717) is 21.8 Å². The van der Waals surface area contributed by atoms with Crippen LogP contribution in [0.5, 0.6) is 0 Å². The third-order valence-corrected chi connectivity index (χ3v) is 3.71. The summed E-state index contributed by atoms with van der Waals surface area (Å²) in [5.41, 5.74) is 8.17. The number of halogens is 1. The van der Waals surface area contributed by atoms with E-state index in [2.05, 4.69) is 0 Å². The molecule has 0 bridgehead atoms. The summed E-state index contributed by atoms with van der Waals surface area (Å²) in [6.07, 6.45) is 0. The van der Waals surface area contributed by atoms with E-state index in [0.717, 1.165) is 10.8 Å². The van der Waals surface area contributed by atoms with E-state index in [1.165, 1.54) is 6.07 Å². The Hall–Kier alpha value is -2.52. The van der Waals surface area contributed by atoms with Crippen LogP contribution in [-0.2, 0) is 0 Å². The van der Waals surface area contributed by atoms with Gasteiger partial charge in [-0.2, -0.15) is 0 Å². The molecule has 21 heavy (non-hydrogen) atoms. The molecular weight excluding hydrogens is 286 g/mol. The lowest BCUT2D eigenvalue weighted by atomic mass is 9.95. The van der Waals surface area contributed by atoms with Crippen LogP contribution in [0.3, 0.4) is 0 Å². The molecule has 0 radical (unpaired) electrons. The smallest absolute Gasteiger partial charge is 0.336 e. The Kier molecular flexibility index (Phi) is 3.28. The van der Waals surface area contributed by atoms with Crippen molar-refractivity contribution in [1.29, 1.82) is 0 Å². The van der Waals surface area contributed by atoms with Crippen LogP contribution < -0.4 is 5.73 Å². The molecule has 3 nitrogen and oxygen atoms in total. The SMILES string of the molecule is Nc1c(-c2cc(Cl)ccc2C(=O)O)ccc2ccccc12. The zero-order valence-electron chi connectivity index (χ0n) is 11.0. The lowest BCUT2D eigenvalue weighted by Gasteiger charge is -2.12. The molecule has 0 amide bonds. The molecule has 0 unspecified atom stereocenters. The zero-order valence-corrected chi connectivity index (χ0v) is 11.8. The van der Waals surface area contributed by atoms with Crippen LogP contribution in [0, 0.1) is 0 Å². The highest BCUT2D eigenvalue weighted by Crippen LogP contribution is 2.35. The van der Waals surface area contributed by atoms with Gasteiger partial charge in [-0.1, -0.05) is 48.0 Å². The molecule has 0 aromatic heterocycles. The Bertz CT molecular complexity index is 859. The Morgan fingerprint density at radius 1 is 1.00 bits per heavy atom. The van der Waals surface area contributed by atoms with Gasteiger partial charge < -0.3 is 10.8 Å². The summed E-state index contributed by atoms with van der Waals surface area (Å²) < 4.78 is 0. The number of anilines is 1. The highest BCUT2D eigenvalue weighted by Gasteiger charge is 2.15. The van der Waals surface area contributed by atoms with E-state index in [9.17, 15) is 9.90 Å². The molecule has 0 aliphatic rings. The van der Waals surface area contributed by atoms with Crippen molar-refractivity contribution in [2.75, 3.05) is 5.73 Å². The van der Waals surface area contributed by atoms with Crippen LogP contribution in [0.1, 0.15) is 10.4 Å². The number of fused-ring (bicyclic) bond motifs is 1. The summed E-state index contributed by atoms with van der Waals surface area (Å²) in [7, 11) is 0. The van der Waals surface area contributed by atoms with Gasteiger partial charge in [-0.15, -0.1) is 0 Å². The Morgan fingerprint density at radius 3 is 2.52 bits per heavy atom. The van der Waals surface area contributed by atoms with Gasteiger partial charge in [-0.3, -0.25) is 0 Å². The number of aromatic carboxylic acids is 1. The van der Waals surface area contributed by atoms with Crippen LogP contribution in [0.4, 0.5) is 5.69 Å². The summed E-state index contributed by atoms with van der Waals surface area (Å²) in [5.74, 6) is -1.01. The minimum Gasteiger partial charge on any atom is -0.478 e. The number of hydrogen-bond donors (Lipinski definition) is 2. The van der Waals surface area contributed by atoms with Crippen molar-refractivity contribution < 1.29 is 9.90 Å². The topological polar surface area (TPSA) is 63.3 Å². The first-order chi connectivity index (χ1) is 10.1. The van der Waals surface area contributed by atoms with Crippen molar-refractivity contribution in [3.8, 4) is 11.1 Å². The molecule has 3 rings (SSSR count). The summed E-state index contributed by atoms with van der Waals surface area (Å²) in [6.45, 7) is 0. The fourth-order valence-electron chi connectivity index (χ4n) is 2.46. The third-order valence-electron chi connectivity index (χ3n) is 3.47. The highest BCUT2D eigenvalue weighted by molar-refractivity contribution is 6.31. The van der Waals surface area contributed by atoms with Crippen molar-refractivity contribution >= 4 is 34.0 Å². The number of rotatable bonds is 2. The minimum absolute atomic E-state index is 0.182. The summed E-state index contributed by atoms with van der Waals surface area (Å²) in [4.78, 5) is 11.4. The molecule has 0 atom stereocenters. The van der Waals surface area contributed by atoms with Gasteiger partial charge in [0.25, 0.3) is 0 Å². The first-order valence-corrected chi connectivity index (χ1v) is 6.76. The number of carboxylic acid groups (broad SMARTS) is 1. The van der Waals surface area contributed by atoms with Crippen molar-refractivity contribution in [2.24, 2.45) is 0 Å². The second-order valence-electron chi connectivity index (χ2n) is 4.74. The normalized spacial score (nSPS) is 10.7. The number of nitrogen functional groups attached to an aromatic ring is 1. The van der Waals surface area contributed by atoms with Crippen molar-refractivity contribution in [3.63, 3.8) is 0 Å². The van der Waals surface area contributed by atoms with Crippen LogP contribution >= 0.6 is 11.6 Å². The monoisotopic (exact) mass is 297 g/mol. The standard InChI is InChI=1S/C17H12ClNO2/c18-11-6-8-14(17(20)21)15(9-11)13-7-5-10-3-1-2-4-12(10)16(13)19/h1-9H,19H2,(H,20,21). The van der Waals surface area contributed by atoms with Crippen LogP contribution in [-0.4, -0.2) is 11.1 Å². The molecule has 4 heteroatoms. The van der Waals surface area contributed by atoms with Gasteiger partial charge >= 0.3 is 5.97 Å². The van der Waals surface area contributed by atoms with E-state index >= 15 is 0 Å². The number of nitrogens with two attached hydrogens (primary N) is 1. The second-order valence-corrected chi connectivity index (χ2v) is 5.18. The molecule has 0 saturated carbocycles. The van der Waals surface area contributed by atoms with Crippen LogP contribution in [0.15, 0.2) is 54.6 Å².